The molecule has 0 aromatic rings. The first-order chi connectivity index (χ1) is 5.18. The minimum atomic E-state index is -2.61. The van der Waals surface area contributed by atoms with E-state index in [1.54, 1.807) is 0 Å². The van der Waals surface area contributed by atoms with Crippen LogP contribution in [0.25, 0.3) is 0 Å². The summed E-state index contributed by atoms with van der Waals surface area (Å²) in [4.78, 5) is 2.12. The Morgan fingerprint density at radius 1 is 1.64 bits per heavy atom. The highest BCUT2D eigenvalue weighted by Crippen LogP contribution is 2.15. The summed E-state index contributed by atoms with van der Waals surface area (Å²) in [6.07, 6.45) is 0.975. The molecule has 1 heterocycles. The lowest BCUT2D eigenvalue weighted by molar-refractivity contribution is -0.137. The molecule has 1 rings (SSSR count). The predicted octanol–water partition coefficient (Wildman–Crippen LogP) is 1.18. The summed E-state index contributed by atoms with van der Waals surface area (Å²) in [5.74, 6) is 0.300. The third kappa shape index (κ3) is 3.12. The lowest BCUT2D eigenvalue weighted by Gasteiger charge is -2.09. The van der Waals surface area contributed by atoms with E-state index in [1.165, 1.54) is 0 Å². The van der Waals surface area contributed by atoms with Gasteiger partial charge in [0.2, 0.25) is 0 Å². The van der Waals surface area contributed by atoms with Crippen LogP contribution < -0.4 is 0 Å². The van der Waals surface area contributed by atoms with Crippen LogP contribution in [0.3, 0.4) is 0 Å². The van der Waals surface area contributed by atoms with E-state index in [0.29, 0.717) is 5.92 Å². The Bertz CT molecular complexity index is 121. The van der Waals surface area contributed by atoms with Gasteiger partial charge in [0.25, 0.3) is 0 Å². The van der Waals surface area contributed by atoms with Gasteiger partial charge in [-0.2, -0.15) is 8.78 Å². The highest BCUT2D eigenvalue weighted by atomic mass is 19.3. The first-order valence-corrected chi connectivity index (χ1v) is 3.77. The van der Waals surface area contributed by atoms with Crippen LogP contribution >= 0.6 is 0 Å². The zero-order valence-corrected chi connectivity index (χ0v) is 6.59. The zero-order chi connectivity index (χ0) is 8.27. The first kappa shape index (κ1) is 8.87. The van der Waals surface area contributed by atoms with E-state index in [0.717, 1.165) is 19.5 Å². The van der Waals surface area contributed by atoms with Gasteiger partial charge < -0.3 is 9.64 Å². The van der Waals surface area contributed by atoms with Gasteiger partial charge in [0, 0.05) is 6.54 Å². The molecule has 0 aromatic carbocycles. The molecule has 0 N–H and O–H groups in total. The van der Waals surface area contributed by atoms with Crippen molar-refractivity contribution in [3.8, 4) is 0 Å². The van der Waals surface area contributed by atoms with Crippen molar-refractivity contribution in [1.29, 1.82) is 0 Å². The van der Waals surface area contributed by atoms with Gasteiger partial charge in [0.15, 0.2) is 0 Å². The highest BCUT2D eigenvalue weighted by Gasteiger charge is 2.20. The molecule has 11 heavy (non-hydrogen) atoms. The number of nitrogens with zero attached hydrogens (tertiary/aromatic N) is 1. The Morgan fingerprint density at radius 2 is 2.36 bits per heavy atom. The molecule has 1 atom stereocenters. The van der Waals surface area contributed by atoms with Crippen molar-refractivity contribution in [3.63, 3.8) is 0 Å². The first-order valence-electron chi connectivity index (χ1n) is 3.77. The number of alkyl halides is 2. The second kappa shape index (κ2) is 3.97. The van der Waals surface area contributed by atoms with Gasteiger partial charge in [-0.1, -0.05) is 0 Å². The topological polar surface area (TPSA) is 12.5 Å². The average molecular weight is 165 g/mol. The third-order valence-electron chi connectivity index (χ3n) is 1.95. The van der Waals surface area contributed by atoms with Crippen molar-refractivity contribution in [2.75, 3.05) is 26.7 Å². The molecule has 4 heteroatoms. The van der Waals surface area contributed by atoms with Crippen LogP contribution in [0.4, 0.5) is 8.78 Å². The molecule has 0 spiro atoms. The van der Waals surface area contributed by atoms with E-state index in [2.05, 4.69) is 9.64 Å². The van der Waals surface area contributed by atoms with Gasteiger partial charge in [-0.15, -0.1) is 0 Å². The Hall–Kier alpha value is -0.220. The van der Waals surface area contributed by atoms with Gasteiger partial charge in [0.05, 0.1) is 6.61 Å². The summed E-state index contributed by atoms with van der Waals surface area (Å²) < 4.78 is 27.3. The van der Waals surface area contributed by atoms with Gasteiger partial charge in [-0.25, -0.2) is 0 Å². The zero-order valence-electron chi connectivity index (χ0n) is 6.59. The normalized spacial score (nSPS) is 26.7. The van der Waals surface area contributed by atoms with Crippen molar-refractivity contribution in [1.82, 2.24) is 4.90 Å². The second-order valence-electron chi connectivity index (χ2n) is 3.01. The maximum absolute atomic E-state index is 11.5. The largest absolute Gasteiger partial charge is 0.345 e. The van der Waals surface area contributed by atoms with Gasteiger partial charge in [-0.3, -0.25) is 0 Å². The van der Waals surface area contributed by atoms with Gasteiger partial charge in [0.1, 0.15) is 0 Å². The standard InChI is InChI=1S/C7H13F2NO/c1-10-3-2-6(4-10)5-11-7(8)9/h6-7H,2-5H2,1H3/t6-/m0/s1. The Labute approximate surface area is 65.1 Å². The third-order valence-corrected chi connectivity index (χ3v) is 1.95. The van der Waals surface area contributed by atoms with Gasteiger partial charge >= 0.3 is 6.61 Å². The lowest BCUT2D eigenvalue weighted by Crippen LogP contribution is -2.17. The van der Waals surface area contributed by atoms with E-state index < -0.39 is 6.61 Å². The minimum Gasteiger partial charge on any atom is -0.323 e. The molecule has 0 aromatic heterocycles. The summed E-state index contributed by atoms with van der Waals surface area (Å²) in [7, 11) is 1.99. The van der Waals surface area contributed by atoms with Crippen LogP contribution in [0, 0.1) is 5.92 Å². The molecule has 2 nitrogen and oxygen atoms in total. The maximum atomic E-state index is 11.5. The molecule has 1 fully saturated rings. The quantitative estimate of drug-likeness (QED) is 0.622. The van der Waals surface area contributed by atoms with E-state index >= 15 is 0 Å². The summed E-state index contributed by atoms with van der Waals surface area (Å²) in [6.45, 7) is -0.535. The van der Waals surface area contributed by atoms with Crippen LogP contribution in [0.1, 0.15) is 6.42 Å². The molecular weight excluding hydrogens is 152 g/mol. The molecule has 1 saturated heterocycles. The van der Waals surface area contributed by atoms with Crippen molar-refractivity contribution in [2.24, 2.45) is 5.92 Å². The minimum absolute atomic E-state index is 0.196. The monoisotopic (exact) mass is 165 g/mol. The van der Waals surface area contributed by atoms with E-state index in [-0.39, 0.29) is 6.61 Å². The molecule has 0 bridgehead atoms. The molecule has 0 unspecified atom stereocenters. The van der Waals surface area contributed by atoms with Crippen LogP contribution in [0.2, 0.25) is 0 Å². The number of rotatable bonds is 3. The van der Waals surface area contributed by atoms with E-state index in [1.807, 2.05) is 7.05 Å². The van der Waals surface area contributed by atoms with Crippen molar-refractivity contribution < 1.29 is 13.5 Å². The Balaban J connectivity index is 2.08. The number of hydrogen-bond donors (Lipinski definition) is 0. The van der Waals surface area contributed by atoms with Crippen molar-refractivity contribution in [2.45, 2.75) is 13.0 Å². The van der Waals surface area contributed by atoms with Gasteiger partial charge in [-0.05, 0) is 25.9 Å². The molecule has 0 aliphatic carbocycles. The van der Waals surface area contributed by atoms with E-state index in [4.69, 9.17) is 0 Å². The summed E-state index contributed by atoms with van der Waals surface area (Å²) in [5.41, 5.74) is 0. The van der Waals surface area contributed by atoms with Crippen LogP contribution in [-0.4, -0.2) is 38.3 Å². The summed E-state index contributed by atoms with van der Waals surface area (Å²) in [6, 6.07) is 0. The molecule has 66 valence electrons. The number of likely N-dealkylation sites (tertiary alicyclic amines) is 1. The molecule has 1 aliphatic heterocycles. The smallest absolute Gasteiger partial charge is 0.323 e. The number of halogens is 2. The van der Waals surface area contributed by atoms with E-state index in [9.17, 15) is 8.78 Å². The molecule has 1 aliphatic rings. The average Bonchev–Trinajstić information content (AvgIpc) is 2.31. The second-order valence-corrected chi connectivity index (χ2v) is 3.01. The van der Waals surface area contributed by atoms with Crippen molar-refractivity contribution >= 4 is 0 Å². The summed E-state index contributed by atoms with van der Waals surface area (Å²) in [5, 5.41) is 0. The van der Waals surface area contributed by atoms with Crippen molar-refractivity contribution in [3.05, 3.63) is 0 Å². The molecule has 0 radical (unpaired) electrons. The molecule has 0 saturated carbocycles. The maximum Gasteiger partial charge on any atom is 0.345 e. The van der Waals surface area contributed by atoms with Crippen LogP contribution in [-0.2, 0) is 4.74 Å². The fraction of sp³-hybridized carbons (Fsp3) is 1.00. The summed E-state index contributed by atoms with van der Waals surface area (Å²) >= 11 is 0. The van der Waals surface area contributed by atoms with Crippen LogP contribution in [0.15, 0.2) is 0 Å². The fourth-order valence-electron chi connectivity index (χ4n) is 1.37. The Kier molecular flexibility index (Phi) is 3.20. The molecule has 0 amide bonds. The highest BCUT2D eigenvalue weighted by molar-refractivity contribution is 4.71. The predicted molar refractivity (Wildman–Crippen MR) is 37.6 cm³/mol. The number of hydrogen-bond acceptors (Lipinski definition) is 2. The SMILES string of the molecule is CN1CC[C@H](COC(F)F)C1. The number of ether oxygens (including phenoxy) is 1. The fourth-order valence-corrected chi connectivity index (χ4v) is 1.37. The lowest BCUT2D eigenvalue weighted by atomic mass is 10.1. The van der Waals surface area contributed by atoms with Crippen LogP contribution in [0.5, 0.6) is 0 Å². The molecular formula is C7H13F2NO. The Morgan fingerprint density at radius 3 is 2.82 bits per heavy atom.